The Morgan fingerprint density at radius 3 is 1.50 bits per heavy atom. The van der Waals surface area contributed by atoms with Crippen molar-refractivity contribution in [2.75, 3.05) is 0 Å². The number of hydrogen-bond donors (Lipinski definition) is 1. The van der Waals surface area contributed by atoms with Gasteiger partial charge in [0.25, 0.3) is 6.47 Å². The molecule has 0 aliphatic rings. The van der Waals surface area contributed by atoms with Crippen LogP contribution in [0.3, 0.4) is 0 Å². The van der Waals surface area contributed by atoms with Crippen LogP contribution in [-0.4, -0.2) is 78.9 Å². The first-order chi connectivity index (χ1) is 1.41. The Morgan fingerprint density at radius 1 is 1.50 bits per heavy atom. The second-order valence-corrected chi connectivity index (χ2v) is 0.105. The molecule has 0 amide bonds. The summed E-state index contributed by atoms with van der Waals surface area (Å²) in [5, 5.41) is 6.89. The Morgan fingerprint density at radius 2 is 1.50 bits per heavy atom. The van der Waals surface area contributed by atoms with Gasteiger partial charge in [-0.2, -0.15) is 0 Å². The van der Waals surface area contributed by atoms with Crippen molar-refractivity contribution in [2.24, 2.45) is 0 Å². The van der Waals surface area contributed by atoms with E-state index in [0.717, 1.165) is 0 Å². The van der Waals surface area contributed by atoms with Gasteiger partial charge in [0.05, 0.1) is 0 Å². The molecule has 0 atom stereocenters. The molecule has 0 aromatic carbocycles. The molecule has 1 N–H and O–H groups in total. The predicted molar refractivity (Wildman–Crippen MR) is 31.6 cm³/mol. The third-order valence-corrected chi connectivity index (χ3v) is 0. The van der Waals surface area contributed by atoms with E-state index in [4.69, 9.17) is 9.90 Å². The van der Waals surface area contributed by atoms with Gasteiger partial charge >= 0.3 is 67.3 Å². The maximum absolute atomic E-state index is 8.36. The number of carboxylic acid groups (broad SMARTS) is 1. The SMILES string of the molecule is Cl.O=CO.[CaH2].[NaH]. The summed E-state index contributed by atoms with van der Waals surface area (Å²) in [6, 6.07) is 0. The Balaban J connectivity index is -0.00000000667. The first-order valence-corrected chi connectivity index (χ1v) is 0.494. The van der Waals surface area contributed by atoms with Gasteiger partial charge in [-0.15, -0.1) is 12.4 Å². The Kier molecular flexibility index (Phi) is 114. The number of hydrogen-bond acceptors (Lipinski definition) is 1. The molecule has 0 fully saturated rings. The van der Waals surface area contributed by atoms with Gasteiger partial charge in [-0.25, -0.2) is 0 Å². The molecule has 0 heterocycles. The third kappa shape index (κ3) is 37.2. The number of rotatable bonds is 0. The minimum absolute atomic E-state index is 0. The van der Waals surface area contributed by atoms with Crippen LogP contribution < -0.4 is 0 Å². The van der Waals surface area contributed by atoms with Crippen LogP contribution in [0.25, 0.3) is 0 Å². The molecule has 6 heavy (non-hydrogen) atoms. The first-order valence-electron chi connectivity index (χ1n) is 0.494. The molecule has 0 spiro atoms. The van der Waals surface area contributed by atoms with E-state index in [9.17, 15) is 0 Å². The molecule has 0 saturated carbocycles. The van der Waals surface area contributed by atoms with Crippen LogP contribution in [-0.2, 0) is 4.79 Å². The molecule has 32 valence electrons. The molecule has 0 rings (SSSR count). The fourth-order valence-corrected chi connectivity index (χ4v) is 0. The van der Waals surface area contributed by atoms with Crippen molar-refractivity contribution in [2.45, 2.75) is 0 Å². The first kappa shape index (κ1) is 24.5. The van der Waals surface area contributed by atoms with Crippen molar-refractivity contribution >= 4 is 86.2 Å². The summed E-state index contributed by atoms with van der Waals surface area (Å²) in [4.78, 5) is 8.36. The van der Waals surface area contributed by atoms with Gasteiger partial charge in [-0.1, -0.05) is 0 Å². The Bertz CT molecular complexity index is 21.0. The summed E-state index contributed by atoms with van der Waals surface area (Å²) in [6.45, 7) is -0.250. The van der Waals surface area contributed by atoms with E-state index in [0.29, 0.717) is 0 Å². The van der Waals surface area contributed by atoms with Gasteiger partial charge in [0, 0.05) is 0 Å². The molecule has 2 nitrogen and oxygen atoms in total. The topological polar surface area (TPSA) is 37.3 Å². The molecule has 0 aromatic heterocycles. The van der Waals surface area contributed by atoms with Crippen molar-refractivity contribution in [3.05, 3.63) is 0 Å². The molecular formula is CH6CaClNaO2. The van der Waals surface area contributed by atoms with Crippen LogP contribution in [0.1, 0.15) is 0 Å². The number of carbonyl (C=O) groups is 1. The van der Waals surface area contributed by atoms with E-state index in [2.05, 4.69) is 0 Å². The average molecular weight is 149 g/mol. The Labute approximate surface area is 94.4 Å². The van der Waals surface area contributed by atoms with Crippen molar-refractivity contribution in [3.8, 4) is 0 Å². The maximum atomic E-state index is 8.36. The Hall–Kier alpha value is 2.02. The molecule has 0 aromatic rings. The van der Waals surface area contributed by atoms with E-state index in [1.165, 1.54) is 0 Å². The van der Waals surface area contributed by atoms with Gasteiger partial charge in [0.1, 0.15) is 0 Å². The van der Waals surface area contributed by atoms with Gasteiger partial charge in [0.15, 0.2) is 0 Å². The van der Waals surface area contributed by atoms with Crippen LogP contribution in [0.15, 0.2) is 0 Å². The van der Waals surface area contributed by atoms with Crippen molar-refractivity contribution in [1.82, 2.24) is 0 Å². The van der Waals surface area contributed by atoms with E-state index in [1.54, 1.807) is 0 Å². The zero-order valence-electron chi connectivity index (χ0n) is 1.84. The normalized spacial score (nSPS) is 2.00. The second kappa shape index (κ2) is 27.9. The van der Waals surface area contributed by atoms with Gasteiger partial charge < -0.3 is 5.11 Å². The summed E-state index contributed by atoms with van der Waals surface area (Å²) in [6.07, 6.45) is 0. The molecule has 0 aliphatic carbocycles. The van der Waals surface area contributed by atoms with E-state index in [1.807, 2.05) is 0 Å². The molecule has 0 aliphatic heterocycles. The molecule has 0 radical (unpaired) electrons. The van der Waals surface area contributed by atoms with Crippen molar-refractivity contribution in [3.63, 3.8) is 0 Å². The van der Waals surface area contributed by atoms with E-state index >= 15 is 0 Å². The zero-order valence-corrected chi connectivity index (χ0v) is 2.66. The van der Waals surface area contributed by atoms with Crippen molar-refractivity contribution in [1.29, 1.82) is 0 Å². The van der Waals surface area contributed by atoms with Gasteiger partial charge in [-0.05, 0) is 0 Å². The summed E-state index contributed by atoms with van der Waals surface area (Å²) in [5.74, 6) is 0. The molecule has 0 unspecified atom stereocenters. The van der Waals surface area contributed by atoms with Crippen LogP contribution in [0.2, 0.25) is 0 Å². The summed E-state index contributed by atoms with van der Waals surface area (Å²) in [7, 11) is 0. The van der Waals surface area contributed by atoms with Gasteiger partial charge in [-0.3, -0.25) is 4.79 Å². The summed E-state index contributed by atoms with van der Waals surface area (Å²) >= 11 is 0. The zero-order chi connectivity index (χ0) is 2.71. The average Bonchev–Trinajstić information content (AvgIpc) is 0.918. The van der Waals surface area contributed by atoms with Crippen LogP contribution in [0.5, 0.6) is 0 Å². The van der Waals surface area contributed by atoms with Crippen LogP contribution in [0.4, 0.5) is 0 Å². The predicted octanol–water partition coefficient (Wildman–Crippen LogP) is -1.44. The van der Waals surface area contributed by atoms with Gasteiger partial charge in [0.2, 0.25) is 0 Å². The van der Waals surface area contributed by atoms with Crippen molar-refractivity contribution < 1.29 is 9.90 Å². The van der Waals surface area contributed by atoms with Crippen LogP contribution >= 0.6 is 12.4 Å². The fraction of sp³-hybridized carbons (Fsp3) is 0. The second-order valence-electron chi connectivity index (χ2n) is 0.105. The standard InChI is InChI=1S/CH2O2.Ca.ClH.Na.3H/c2-1-3;;;;;;/h1H,(H,2,3);;1H;;;;. The summed E-state index contributed by atoms with van der Waals surface area (Å²) in [5.41, 5.74) is 0. The quantitative estimate of drug-likeness (QED) is 0.338. The molecule has 5 heteroatoms. The fourth-order valence-electron chi connectivity index (χ4n) is 0. The third-order valence-electron chi connectivity index (χ3n) is 0. The summed E-state index contributed by atoms with van der Waals surface area (Å²) < 4.78 is 0. The van der Waals surface area contributed by atoms with E-state index < -0.39 is 0 Å². The molecular weight excluding hydrogens is 143 g/mol. The minimum atomic E-state index is -0.250. The van der Waals surface area contributed by atoms with Crippen LogP contribution in [0, 0.1) is 0 Å². The number of halogens is 1. The monoisotopic (exact) mass is 148 g/mol. The molecule has 0 bridgehead atoms. The van der Waals surface area contributed by atoms with E-state index in [-0.39, 0.29) is 86.2 Å². The molecule has 0 saturated heterocycles.